The topological polar surface area (TPSA) is 86.8 Å². The van der Waals surface area contributed by atoms with Crippen molar-refractivity contribution in [3.8, 4) is 0 Å². The number of carbonyl (C=O) groups is 1. The molecule has 0 fully saturated rings. The first-order valence-electron chi connectivity index (χ1n) is 5.99. The Hall–Kier alpha value is -2.57. The van der Waals surface area contributed by atoms with Crippen LogP contribution in [0.4, 0.5) is 0 Å². The Morgan fingerprint density at radius 2 is 1.95 bits per heavy atom. The fourth-order valence-corrected chi connectivity index (χ4v) is 1.76. The zero-order valence-electron chi connectivity index (χ0n) is 11.5. The highest BCUT2D eigenvalue weighted by molar-refractivity contribution is 5.93. The maximum Gasteiger partial charge on any atom is 0.331 e. The van der Waals surface area contributed by atoms with Crippen LogP contribution in [0, 0.1) is 6.92 Å². The molecule has 2 rings (SSSR count). The number of aromatic nitrogens is 4. The fourth-order valence-electron chi connectivity index (χ4n) is 1.76. The molecule has 7 nitrogen and oxygen atoms in total. The van der Waals surface area contributed by atoms with Crippen LogP contribution in [0.25, 0.3) is 0 Å². The molecule has 20 heavy (non-hydrogen) atoms. The van der Waals surface area contributed by atoms with Crippen LogP contribution in [0.1, 0.15) is 28.7 Å². The Balaban J connectivity index is 2.52. The molecule has 0 atom stereocenters. The van der Waals surface area contributed by atoms with Crippen molar-refractivity contribution in [3.05, 3.63) is 56.4 Å². The van der Waals surface area contributed by atoms with Crippen LogP contribution in [-0.2, 0) is 13.6 Å². The Labute approximate surface area is 114 Å². The quantitative estimate of drug-likeness (QED) is 0.729. The van der Waals surface area contributed by atoms with Crippen molar-refractivity contribution in [1.82, 2.24) is 19.1 Å². The highest BCUT2D eigenvalue weighted by Crippen LogP contribution is 1.98. The molecule has 0 saturated heterocycles. The Morgan fingerprint density at radius 1 is 1.25 bits per heavy atom. The van der Waals surface area contributed by atoms with E-state index in [-0.39, 0.29) is 17.9 Å². The Kier molecular flexibility index (Phi) is 3.60. The minimum atomic E-state index is -0.589. The van der Waals surface area contributed by atoms with Gasteiger partial charge in [-0.25, -0.2) is 4.79 Å². The van der Waals surface area contributed by atoms with Crippen molar-refractivity contribution in [2.75, 3.05) is 0 Å². The van der Waals surface area contributed by atoms with Crippen LogP contribution in [0.5, 0.6) is 0 Å². The molecule has 0 amide bonds. The minimum absolute atomic E-state index is 0.0211. The van der Waals surface area contributed by atoms with Crippen LogP contribution >= 0.6 is 0 Å². The first kappa shape index (κ1) is 13.9. The van der Waals surface area contributed by atoms with Crippen LogP contribution in [-0.4, -0.2) is 24.9 Å². The molecular formula is C13H14N4O3. The van der Waals surface area contributed by atoms with Crippen molar-refractivity contribution in [3.63, 3.8) is 0 Å². The zero-order valence-corrected chi connectivity index (χ0v) is 11.5. The maximum atomic E-state index is 12.0. The van der Waals surface area contributed by atoms with E-state index in [2.05, 4.69) is 9.97 Å². The van der Waals surface area contributed by atoms with Crippen molar-refractivity contribution in [2.24, 2.45) is 7.05 Å². The predicted octanol–water partition coefficient (Wildman–Crippen LogP) is -0.104. The van der Waals surface area contributed by atoms with Gasteiger partial charge in [-0.15, -0.1) is 0 Å². The molecule has 0 N–H and O–H groups in total. The monoisotopic (exact) mass is 274 g/mol. The SMILES string of the molecule is CC(=O)c1cn(Cc2cnc(C)cn2)c(=O)n(C)c1=O. The number of carbonyl (C=O) groups excluding carboxylic acids is 1. The van der Waals surface area contributed by atoms with Gasteiger partial charge in [-0.3, -0.25) is 28.7 Å². The van der Waals surface area contributed by atoms with Crippen LogP contribution in [0.2, 0.25) is 0 Å². The van der Waals surface area contributed by atoms with Crippen LogP contribution < -0.4 is 11.2 Å². The summed E-state index contributed by atoms with van der Waals surface area (Å²) in [5.74, 6) is -0.380. The summed E-state index contributed by atoms with van der Waals surface area (Å²) in [4.78, 5) is 43.4. The predicted molar refractivity (Wildman–Crippen MR) is 71.8 cm³/mol. The average Bonchev–Trinajstić information content (AvgIpc) is 2.41. The summed E-state index contributed by atoms with van der Waals surface area (Å²) in [6.07, 6.45) is 4.42. The van der Waals surface area contributed by atoms with Crippen LogP contribution in [0.3, 0.4) is 0 Å². The van der Waals surface area contributed by atoms with Gasteiger partial charge in [0.1, 0.15) is 0 Å². The van der Waals surface area contributed by atoms with E-state index < -0.39 is 11.2 Å². The van der Waals surface area contributed by atoms with Gasteiger partial charge in [-0.05, 0) is 13.8 Å². The summed E-state index contributed by atoms with van der Waals surface area (Å²) in [6.45, 7) is 3.25. The molecule has 0 bridgehead atoms. The lowest BCUT2D eigenvalue weighted by molar-refractivity contribution is 0.101. The number of nitrogens with zero attached hydrogens (tertiary/aromatic N) is 4. The van der Waals surface area contributed by atoms with Gasteiger partial charge in [0, 0.05) is 19.4 Å². The number of rotatable bonds is 3. The highest BCUT2D eigenvalue weighted by Gasteiger charge is 2.12. The first-order chi connectivity index (χ1) is 9.40. The molecule has 0 aliphatic carbocycles. The largest absolute Gasteiger partial charge is 0.331 e. The van der Waals surface area contributed by atoms with E-state index in [9.17, 15) is 14.4 Å². The van der Waals surface area contributed by atoms with Gasteiger partial charge in [0.25, 0.3) is 5.56 Å². The number of hydrogen-bond donors (Lipinski definition) is 0. The molecule has 0 radical (unpaired) electrons. The lowest BCUT2D eigenvalue weighted by Crippen LogP contribution is -2.40. The molecule has 0 aliphatic heterocycles. The van der Waals surface area contributed by atoms with Gasteiger partial charge in [-0.2, -0.15) is 0 Å². The maximum absolute atomic E-state index is 12.0. The minimum Gasteiger partial charge on any atom is -0.294 e. The van der Waals surface area contributed by atoms with Gasteiger partial charge in [0.05, 0.1) is 29.7 Å². The van der Waals surface area contributed by atoms with E-state index in [1.807, 2.05) is 6.92 Å². The summed E-state index contributed by atoms with van der Waals surface area (Å²) in [6, 6.07) is 0. The van der Waals surface area contributed by atoms with E-state index in [4.69, 9.17) is 0 Å². The highest BCUT2D eigenvalue weighted by atomic mass is 16.2. The van der Waals surface area contributed by atoms with E-state index in [1.54, 1.807) is 12.4 Å². The Bertz CT molecular complexity index is 772. The summed E-state index contributed by atoms with van der Waals surface area (Å²) >= 11 is 0. The van der Waals surface area contributed by atoms with E-state index in [0.29, 0.717) is 5.69 Å². The number of hydrogen-bond acceptors (Lipinski definition) is 5. The third-order valence-electron chi connectivity index (χ3n) is 2.90. The molecule has 0 aliphatic rings. The van der Waals surface area contributed by atoms with E-state index in [1.165, 1.54) is 24.7 Å². The summed E-state index contributed by atoms with van der Waals surface area (Å²) in [5, 5.41) is 0. The van der Waals surface area contributed by atoms with Gasteiger partial charge < -0.3 is 0 Å². The third kappa shape index (κ3) is 2.56. The molecule has 0 spiro atoms. The second kappa shape index (κ2) is 5.20. The van der Waals surface area contributed by atoms with Crippen LogP contribution in [0.15, 0.2) is 28.2 Å². The summed E-state index contributed by atoms with van der Waals surface area (Å²) < 4.78 is 2.19. The van der Waals surface area contributed by atoms with Gasteiger partial charge in [-0.1, -0.05) is 0 Å². The summed E-state index contributed by atoms with van der Waals surface area (Å²) in [5.41, 5.74) is 0.236. The molecule has 0 unspecified atom stereocenters. The summed E-state index contributed by atoms with van der Waals surface area (Å²) in [7, 11) is 1.34. The van der Waals surface area contributed by atoms with Gasteiger partial charge >= 0.3 is 5.69 Å². The lowest BCUT2D eigenvalue weighted by Gasteiger charge is -2.08. The number of Topliss-reactive ketones (excluding diaryl/α,β-unsaturated/α-hetero) is 1. The molecule has 2 aromatic heterocycles. The molecule has 2 heterocycles. The van der Waals surface area contributed by atoms with E-state index >= 15 is 0 Å². The lowest BCUT2D eigenvalue weighted by atomic mass is 10.2. The second-order valence-electron chi connectivity index (χ2n) is 4.52. The molecular weight excluding hydrogens is 260 g/mol. The zero-order chi connectivity index (χ0) is 14.9. The second-order valence-corrected chi connectivity index (χ2v) is 4.52. The normalized spacial score (nSPS) is 10.6. The molecule has 0 saturated carbocycles. The van der Waals surface area contributed by atoms with Crippen molar-refractivity contribution >= 4 is 5.78 Å². The van der Waals surface area contributed by atoms with Crippen molar-refractivity contribution in [1.29, 1.82) is 0 Å². The Morgan fingerprint density at radius 3 is 2.50 bits per heavy atom. The molecule has 7 heteroatoms. The third-order valence-corrected chi connectivity index (χ3v) is 2.90. The van der Waals surface area contributed by atoms with Gasteiger partial charge in [0.2, 0.25) is 0 Å². The van der Waals surface area contributed by atoms with Crippen molar-refractivity contribution < 1.29 is 4.79 Å². The fraction of sp³-hybridized carbons (Fsp3) is 0.308. The number of aryl methyl sites for hydroxylation is 1. The molecule has 104 valence electrons. The smallest absolute Gasteiger partial charge is 0.294 e. The standard InChI is InChI=1S/C13H14N4O3/c1-8-4-15-10(5-14-8)6-17-7-11(9(2)18)12(19)16(3)13(17)20/h4-5,7H,6H2,1-3H3. The molecule has 0 aromatic carbocycles. The first-order valence-corrected chi connectivity index (χ1v) is 5.99. The number of ketones is 1. The van der Waals surface area contributed by atoms with Gasteiger partial charge in [0.15, 0.2) is 5.78 Å². The van der Waals surface area contributed by atoms with E-state index in [0.717, 1.165) is 10.3 Å². The average molecular weight is 274 g/mol. The molecule has 2 aromatic rings. The van der Waals surface area contributed by atoms with Crippen molar-refractivity contribution in [2.45, 2.75) is 20.4 Å².